The summed E-state index contributed by atoms with van der Waals surface area (Å²) in [7, 11) is 1.80. The molecule has 114 valence electrons. The molecule has 0 aromatic rings. The van der Waals surface area contributed by atoms with Crippen molar-refractivity contribution in [1.29, 1.82) is 0 Å². The molecule has 19 heavy (non-hydrogen) atoms. The lowest BCUT2D eigenvalue weighted by Gasteiger charge is -2.32. The Morgan fingerprint density at radius 2 is 1.95 bits per heavy atom. The number of hydrogen-bond donors (Lipinski definition) is 1. The summed E-state index contributed by atoms with van der Waals surface area (Å²) in [6, 6.07) is 0.709. The van der Waals surface area contributed by atoms with Crippen molar-refractivity contribution in [2.75, 3.05) is 59.5 Å². The van der Waals surface area contributed by atoms with Crippen molar-refractivity contribution in [3.05, 3.63) is 0 Å². The molecule has 4 heteroatoms. The third-order valence-corrected chi connectivity index (χ3v) is 4.18. The van der Waals surface area contributed by atoms with E-state index in [1.165, 1.54) is 52.0 Å². The normalized spacial score (nSPS) is 18.2. The molecule has 0 aromatic carbocycles. The molecule has 0 unspecified atom stereocenters. The topological polar surface area (TPSA) is 27.7 Å². The highest BCUT2D eigenvalue weighted by atomic mass is 16.5. The van der Waals surface area contributed by atoms with E-state index in [2.05, 4.69) is 29.0 Å². The third kappa shape index (κ3) is 6.70. The lowest BCUT2D eigenvalue weighted by atomic mass is 10.1. The molecule has 0 saturated carbocycles. The van der Waals surface area contributed by atoms with Crippen molar-refractivity contribution in [1.82, 2.24) is 15.1 Å². The van der Waals surface area contributed by atoms with E-state index in [1.807, 2.05) is 0 Å². The molecular formula is C15H33N3O. The summed E-state index contributed by atoms with van der Waals surface area (Å²) in [5.74, 6) is 0. The van der Waals surface area contributed by atoms with E-state index >= 15 is 0 Å². The van der Waals surface area contributed by atoms with E-state index in [4.69, 9.17) is 4.74 Å². The molecule has 0 radical (unpaired) electrons. The van der Waals surface area contributed by atoms with Crippen LogP contribution >= 0.6 is 0 Å². The Hall–Kier alpha value is -0.160. The van der Waals surface area contributed by atoms with Crippen LogP contribution in [0.15, 0.2) is 0 Å². The summed E-state index contributed by atoms with van der Waals surface area (Å²) in [5, 5.41) is 3.47. The highest BCUT2D eigenvalue weighted by Crippen LogP contribution is 2.08. The summed E-state index contributed by atoms with van der Waals surface area (Å²) in [6.07, 6.45) is 3.76. The van der Waals surface area contributed by atoms with Gasteiger partial charge in [-0.1, -0.05) is 13.8 Å². The number of rotatable bonds is 9. The predicted octanol–water partition coefficient (Wildman–Crippen LogP) is 1.42. The van der Waals surface area contributed by atoms with Gasteiger partial charge in [-0.3, -0.25) is 4.90 Å². The Morgan fingerprint density at radius 3 is 2.63 bits per heavy atom. The Kier molecular flexibility index (Phi) is 9.43. The minimum Gasteiger partial charge on any atom is -0.383 e. The SMILES string of the molecule is CCC(CC)N(CCOC)CCN1CCCNCC1. The van der Waals surface area contributed by atoms with Crippen LogP contribution in [0.5, 0.6) is 0 Å². The number of ether oxygens (including phenoxy) is 1. The number of nitrogens with one attached hydrogen (secondary N) is 1. The van der Waals surface area contributed by atoms with E-state index < -0.39 is 0 Å². The molecule has 1 rings (SSSR count). The van der Waals surface area contributed by atoms with E-state index in [9.17, 15) is 0 Å². The van der Waals surface area contributed by atoms with Crippen LogP contribution in [0.2, 0.25) is 0 Å². The lowest BCUT2D eigenvalue weighted by Crippen LogP contribution is -2.43. The van der Waals surface area contributed by atoms with Crippen LogP contribution < -0.4 is 5.32 Å². The Bertz CT molecular complexity index is 202. The van der Waals surface area contributed by atoms with Gasteiger partial charge < -0.3 is 15.0 Å². The van der Waals surface area contributed by atoms with Gasteiger partial charge in [-0.2, -0.15) is 0 Å². The lowest BCUT2D eigenvalue weighted by molar-refractivity contribution is 0.104. The third-order valence-electron chi connectivity index (χ3n) is 4.18. The van der Waals surface area contributed by atoms with Gasteiger partial charge in [0.2, 0.25) is 0 Å². The quantitative estimate of drug-likeness (QED) is 0.686. The van der Waals surface area contributed by atoms with Gasteiger partial charge in [0.15, 0.2) is 0 Å². The first-order valence-electron chi connectivity index (χ1n) is 7.97. The van der Waals surface area contributed by atoms with Gasteiger partial charge in [0.05, 0.1) is 6.61 Å². The predicted molar refractivity (Wildman–Crippen MR) is 81.7 cm³/mol. The van der Waals surface area contributed by atoms with Gasteiger partial charge in [-0.25, -0.2) is 0 Å². The van der Waals surface area contributed by atoms with Gasteiger partial charge in [0.25, 0.3) is 0 Å². The molecule has 0 amide bonds. The van der Waals surface area contributed by atoms with Crippen LogP contribution in [-0.4, -0.2) is 75.4 Å². The van der Waals surface area contributed by atoms with E-state index in [0.717, 1.165) is 19.7 Å². The molecule has 1 fully saturated rings. The molecule has 1 N–H and O–H groups in total. The van der Waals surface area contributed by atoms with Crippen molar-refractivity contribution < 1.29 is 4.74 Å². The highest BCUT2D eigenvalue weighted by molar-refractivity contribution is 4.73. The zero-order valence-corrected chi connectivity index (χ0v) is 13.2. The van der Waals surface area contributed by atoms with Crippen molar-refractivity contribution in [3.8, 4) is 0 Å². The second-order valence-corrected chi connectivity index (χ2v) is 5.44. The smallest absolute Gasteiger partial charge is 0.0589 e. The largest absolute Gasteiger partial charge is 0.383 e. The summed E-state index contributed by atoms with van der Waals surface area (Å²) in [5.41, 5.74) is 0. The van der Waals surface area contributed by atoms with Crippen LogP contribution in [0.4, 0.5) is 0 Å². The minimum absolute atomic E-state index is 0.709. The first kappa shape index (κ1) is 16.9. The summed E-state index contributed by atoms with van der Waals surface area (Å²) >= 11 is 0. The van der Waals surface area contributed by atoms with E-state index in [1.54, 1.807) is 7.11 Å². The van der Waals surface area contributed by atoms with Gasteiger partial charge in [0, 0.05) is 45.9 Å². The van der Waals surface area contributed by atoms with Crippen molar-refractivity contribution >= 4 is 0 Å². The Labute approximate surface area is 119 Å². The van der Waals surface area contributed by atoms with Gasteiger partial charge in [-0.05, 0) is 32.4 Å². The van der Waals surface area contributed by atoms with Crippen molar-refractivity contribution in [2.24, 2.45) is 0 Å². The first-order chi connectivity index (χ1) is 9.31. The Balaban J connectivity index is 2.37. The molecule has 1 aliphatic heterocycles. The summed E-state index contributed by atoms with van der Waals surface area (Å²) < 4.78 is 5.26. The molecular weight excluding hydrogens is 238 g/mol. The van der Waals surface area contributed by atoms with Crippen LogP contribution in [-0.2, 0) is 4.74 Å². The fraction of sp³-hybridized carbons (Fsp3) is 1.00. The standard InChI is InChI=1S/C15H33N3O/c1-4-15(5-2)18(13-14-19-3)12-11-17-9-6-7-16-8-10-17/h15-16H,4-14H2,1-3H3. The van der Waals surface area contributed by atoms with Crippen LogP contribution in [0.3, 0.4) is 0 Å². The molecule has 0 spiro atoms. The zero-order valence-electron chi connectivity index (χ0n) is 13.2. The molecule has 0 atom stereocenters. The number of nitrogens with zero attached hydrogens (tertiary/aromatic N) is 2. The molecule has 4 nitrogen and oxygen atoms in total. The van der Waals surface area contributed by atoms with Gasteiger partial charge in [0.1, 0.15) is 0 Å². The average Bonchev–Trinajstić information content (AvgIpc) is 2.71. The van der Waals surface area contributed by atoms with Crippen LogP contribution in [0.25, 0.3) is 0 Å². The number of methoxy groups -OCH3 is 1. The fourth-order valence-electron chi connectivity index (χ4n) is 2.89. The minimum atomic E-state index is 0.709. The zero-order chi connectivity index (χ0) is 13.9. The molecule has 1 aliphatic rings. The van der Waals surface area contributed by atoms with Crippen LogP contribution in [0, 0.1) is 0 Å². The van der Waals surface area contributed by atoms with Gasteiger partial charge >= 0.3 is 0 Å². The summed E-state index contributed by atoms with van der Waals surface area (Å²) in [6.45, 7) is 13.6. The second kappa shape index (κ2) is 10.6. The summed E-state index contributed by atoms with van der Waals surface area (Å²) in [4.78, 5) is 5.21. The maximum absolute atomic E-state index is 5.26. The van der Waals surface area contributed by atoms with Crippen LogP contribution in [0.1, 0.15) is 33.1 Å². The maximum Gasteiger partial charge on any atom is 0.0589 e. The molecule has 1 heterocycles. The fourth-order valence-corrected chi connectivity index (χ4v) is 2.89. The molecule has 0 aromatic heterocycles. The Morgan fingerprint density at radius 1 is 1.16 bits per heavy atom. The first-order valence-corrected chi connectivity index (χ1v) is 7.97. The molecule has 0 aliphatic carbocycles. The van der Waals surface area contributed by atoms with Gasteiger partial charge in [-0.15, -0.1) is 0 Å². The molecule has 0 bridgehead atoms. The van der Waals surface area contributed by atoms with Crippen molar-refractivity contribution in [2.45, 2.75) is 39.2 Å². The average molecular weight is 271 g/mol. The van der Waals surface area contributed by atoms with Crippen molar-refractivity contribution in [3.63, 3.8) is 0 Å². The maximum atomic E-state index is 5.26. The number of hydrogen-bond acceptors (Lipinski definition) is 4. The van der Waals surface area contributed by atoms with E-state index in [-0.39, 0.29) is 0 Å². The monoisotopic (exact) mass is 271 g/mol. The second-order valence-electron chi connectivity index (χ2n) is 5.44. The highest BCUT2D eigenvalue weighted by Gasteiger charge is 2.16. The molecule has 1 saturated heterocycles. The van der Waals surface area contributed by atoms with E-state index in [0.29, 0.717) is 6.04 Å².